The monoisotopic (exact) mass is 439 g/mol. The van der Waals surface area contributed by atoms with Crippen LogP contribution in [0.15, 0.2) is 24.3 Å². The molecular formula is C24H29N3O5. The molecule has 1 heterocycles. The first kappa shape index (κ1) is 23.2. The molecule has 8 nitrogen and oxygen atoms in total. The van der Waals surface area contributed by atoms with E-state index in [1.165, 1.54) is 0 Å². The molecule has 1 N–H and O–H groups in total. The van der Waals surface area contributed by atoms with E-state index in [-0.39, 0.29) is 12.6 Å². The second-order valence-electron chi connectivity index (χ2n) is 7.73. The lowest BCUT2D eigenvalue weighted by molar-refractivity contribution is -0.149. The van der Waals surface area contributed by atoms with Crippen LogP contribution in [0.4, 0.5) is 5.82 Å². The molecule has 1 amide bonds. The number of rotatable bonds is 9. The summed E-state index contributed by atoms with van der Waals surface area (Å²) in [5, 5.41) is 12.4. The number of hydrogen-bond donors (Lipinski definition) is 1. The molecule has 3 rings (SSSR count). The van der Waals surface area contributed by atoms with Crippen LogP contribution in [0.1, 0.15) is 55.5 Å². The van der Waals surface area contributed by atoms with Gasteiger partial charge in [0.05, 0.1) is 12.2 Å². The fraction of sp³-hybridized carbons (Fsp3) is 0.458. The van der Waals surface area contributed by atoms with Crippen LogP contribution in [0.3, 0.4) is 0 Å². The van der Waals surface area contributed by atoms with Gasteiger partial charge in [0, 0.05) is 11.7 Å². The van der Waals surface area contributed by atoms with E-state index >= 15 is 0 Å². The van der Waals surface area contributed by atoms with Crippen LogP contribution in [0.2, 0.25) is 0 Å². The lowest BCUT2D eigenvalue weighted by Gasteiger charge is -2.19. The maximum atomic E-state index is 12.5. The number of nitriles is 1. The molecule has 1 fully saturated rings. The highest BCUT2D eigenvalue weighted by Crippen LogP contribution is 2.37. The summed E-state index contributed by atoms with van der Waals surface area (Å²) in [6, 6.07) is 9.47. The van der Waals surface area contributed by atoms with E-state index in [9.17, 15) is 14.9 Å². The van der Waals surface area contributed by atoms with E-state index < -0.39 is 18.5 Å². The van der Waals surface area contributed by atoms with Gasteiger partial charge in [-0.1, -0.05) is 25.0 Å². The molecule has 0 aliphatic heterocycles. The zero-order chi connectivity index (χ0) is 23.1. The minimum absolute atomic E-state index is 0.257. The molecule has 8 heteroatoms. The van der Waals surface area contributed by atoms with Gasteiger partial charge in [-0.05, 0) is 51.3 Å². The average Bonchev–Trinajstić information content (AvgIpc) is 3.39. The molecule has 0 saturated heterocycles. The van der Waals surface area contributed by atoms with E-state index in [2.05, 4.69) is 11.4 Å². The Morgan fingerprint density at radius 2 is 1.78 bits per heavy atom. The Bertz CT molecular complexity index is 1020. The number of amides is 1. The summed E-state index contributed by atoms with van der Waals surface area (Å²) in [5.41, 5.74) is 2.28. The molecule has 1 aliphatic carbocycles. The fourth-order valence-corrected chi connectivity index (χ4v) is 4.04. The normalized spacial score (nSPS) is 13.4. The molecule has 0 spiro atoms. The quantitative estimate of drug-likeness (QED) is 0.591. The van der Waals surface area contributed by atoms with Gasteiger partial charge < -0.3 is 24.1 Å². The summed E-state index contributed by atoms with van der Waals surface area (Å²) in [7, 11) is 0. The Hall–Kier alpha value is -3.47. The van der Waals surface area contributed by atoms with Crippen molar-refractivity contribution in [3.8, 4) is 17.6 Å². The highest BCUT2D eigenvalue weighted by Gasteiger charge is 2.26. The molecule has 1 saturated carbocycles. The van der Waals surface area contributed by atoms with Gasteiger partial charge in [0.1, 0.15) is 11.9 Å². The zero-order valence-electron chi connectivity index (χ0n) is 18.8. The second-order valence-corrected chi connectivity index (χ2v) is 7.73. The summed E-state index contributed by atoms with van der Waals surface area (Å²) in [6.07, 6.45) is 4.28. The predicted octanol–water partition coefficient (Wildman–Crippen LogP) is 4.05. The lowest BCUT2D eigenvalue weighted by atomic mass is 10.2. The summed E-state index contributed by atoms with van der Waals surface area (Å²) in [5.74, 6) is 0.266. The number of nitrogens with zero attached hydrogens (tertiary/aromatic N) is 2. The topological polar surface area (TPSA) is 103 Å². The summed E-state index contributed by atoms with van der Waals surface area (Å²) < 4.78 is 18.0. The van der Waals surface area contributed by atoms with Gasteiger partial charge >= 0.3 is 5.97 Å². The SMILES string of the molecule is CCOc1ccccc1OCC(=O)OCC(=O)Nc1c(C#N)c(C)c(C)n1C1CCCC1. The molecule has 0 atom stereocenters. The highest BCUT2D eigenvalue weighted by atomic mass is 16.6. The number of para-hydroxylation sites is 2. The van der Waals surface area contributed by atoms with Crippen LogP contribution in [-0.4, -0.2) is 36.3 Å². The molecule has 0 bridgehead atoms. The van der Waals surface area contributed by atoms with Gasteiger partial charge in [-0.2, -0.15) is 5.26 Å². The Labute approximate surface area is 188 Å². The number of carbonyl (C=O) groups excluding carboxylic acids is 2. The molecular weight excluding hydrogens is 410 g/mol. The largest absolute Gasteiger partial charge is 0.490 e. The number of carbonyl (C=O) groups is 2. The van der Waals surface area contributed by atoms with Crippen LogP contribution >= 0.6 is 0 Å². The van der Waals surface area contributed by atoms with Gasteiger partial charge in [-0.3, -0.25) is 4.79 Å². The van der Waals surface area contributed by atoms with Crippen LogP contribution in [-0.2, 0) is 14.3 Å². The van der Waals surface area contributed by atoms with Crippen molar-refractivity contribution in [2.45, 2.75) is 52.5 Å². The minimum Gasteiger partial charge on any atom is -0.490 e. The van der Waals surface area contributed by atoms with Gasteiger partial charge in [0.25, 0.3) is 5.91 Å². The second kappa shape index (κ2) is 10.7. The third-order valence-electron chi connectivity index (χ3n) is 5.68. The summed E-state index contributed by atoms with van der Waals surface area (Å²) >= 11 is 0. The maximum Gasteiger partial charge on any atom is 0.344 e. The molecule has 0 unspecified atom stereocenters. The smallest absolute Gasteiger partial charge is 0.344 e. The molecule has 0 radical (unpaired) electrons. The first-order valence-electron chi connectivity index (χ1n) is 10.9. The van der Waals surface area contributed by atoms with Gasteiger partial charge in [0.2, 0.25) is 0 Å². The lowest BCUT2D eigenvalue weighted by Crippen LogP contribution is -2.25. The predicted molar refractivity (Wildman–Crippen MR) is 119 cm³/mol. The van der Waals surface area contributed by atoms with Crippen LogP contribution in [0.25, 0.3) is 0 Å². The standard InChI is InChI=1S/C24H29N3O5/c1-4-30-20-11-7-8-12-21(20)31-15-23(29)32-14-22(28)26-24-19(13-25)16(2)17(3)27(24)18-9-5-6-10-18/h7-8,11-12,18H,4-6,9-10,14-15H2,1-3H3,(H,26,28). The van der Waals surface area contributed by atoms with E-state index in [1.807, 2.05) is 25.3 Å². The fourth-order valence-electron chi connectivity index (χ4n) is 4.04. The van der Waals surface area contributed by atoms with Crippen molar-refractivity contribution in [3.05, 3.63) is 41.1 Å². The molecule has 170 valence electrons. The molecule has 32 heavy (non-hydrogen) atoms. The van der Waals surface area contributed by atoms with E-state index in [1.54, 1.807) is 24.3 Å². The van der Waals surface area contributed by atoms with Crippen molar-refractivity contribution in [2.75, 3.05) is 25.1 Å². The first-order chi connectivity index (χ1) is 15.5. The Kier molecular flexibility index (Phi) is 7.77. The van der Waals surface area contributed by atoms with Gasteiger partial charge in [-0.25, -0.2) is 4.79 Å². The zero-order valence-corrected chi connectivity index (χ0v) is 18.8. The Balaban J connectivity index is 1.59. The molecule has 1 aromatic heterocycles. The average molecular weight is 440 g/mol. The summed E-state index contributed by atoms with van der Waals surface area (Å²) in [4.78, 5) is 24.6. The van der Waals surface area contributed by atoms with Crippen molar-refractivity contribution in [2.24, 2.45) is 0 Å². The Morgan fingerprint density at radius 3 is 2.41 bits per heavy atom. The van der Waals surface area contributed by atoms with Crippen molar-refractivity contribution >= 4 is 17.7 Å². The number of benzene rings is 1. The van der Waals surface area contributed by atoms with Crippen molar-refractivity contribution in [1.82, 2.24) is 4.57 Å². The number of hydrogen-bond acceptors (Lipinski definition) is 6. The van der Waals surface area contributed by atoms with Crippen molar-refractivity contribution < 1.29 is 23.8 Å². The van der Waals surface area contributed by atoms with Crippen LogP contribution in [0.5, 0.6) is 11.5 Å². The number of anilines is 1. The summed E-state index contributed by atoms with van der Waals surface area (Å²) in [6.45, 7) is 5.35. The first-order valence-corrected chi connectivity index (χ1v) is 10.9. The third-order valence-corrected chi connectivity index (χ3v) is 5.68. The van der Waals surface area contributed by atoms with E-state index in [4.69, 9.17) is 14.2 Å². The number of aromatic nitrogens is 1. The highest BCUT2D eigenvalue weighted by molar-refractivity contribution is 5.93. The molecule has 1 aliphatic rings. The minimum atomic E-state index is -0.675. The third kappa shape index (κ3) is 5.22. The number of nitrogens with one attached hydrogen (secondary N) is 1. The van der Waals surface area contributed by atoms with Gasteiger partial charge in [-0.15, -0.1) is 0 Å². The van der Waals surface area contributed by atoms with Crippen LogP contribution in [0, 0.1) is 25.2 Å². The molecule has 1 aromatic carbocycles. The number of ether oxygens (including phenoxy) is 3. The van der Waals surface area contributed by atoms with Crippen molar-refractivity contribution in [1.29, 1.82) is 5.26 Å². The van der Waals surface area contributed by atoms with Crippen LogP contribution < -0.4 is 14.8 Å². The van der Waals surface area contributed by atoms with E-state index in [0.717, 1.165) is 36.9 Å². The maximum absolute atomic E-state index is 12.5. The van der Waals surface area contributed by atoms with E-state index in [0.29, 0.717) is 29.5 Å². The Morgan fingerprint density at radius 1 is 1.12 bits per heavy atom. The van der Waals surface area contributed by atoms with Gasteiger partial charge in [0.15, 0.2) is 24.7 Å². The van der Waals surface area contributed by atoms with Crippen molar-refractivity contribution in [3.63, 3.8) is 0 Å². The number of esters is 1. The molecule has 2 aromatic rings.